The third kappa shape index (κ3) is 3.57. The molecule has 0 atom stereocenters. The van der Waals surface area contributed by atoms with Crippen molar-refractivity contribution in [3.8, 4) is 0 Å². The fourth-order valence-electron chi connectivity index (χ4n) is 3.20. The van der Waals surface area contributed by atoms with Gasteiger partial charge >= 0.3 is 5.97 Å². The largest absolute Gasteiger partial charge is 0.465 e. The molecule has 0 radical (unpaired) electrons. The number of ether oxygens (including phenoxy) is 1. The maximum atomic E-state index is 12.0. The van der Waals surface area contributed by atoms with Crippen LogP contribution in [0.2, 0.25) is 0 Å². The highest BCUT2D eigenvalue weighted by Gasteiger charge is 2.19. The number of carbonyl (C=O) groups excluding carboxylic acids is 1. The van der Waals surface area contributed by atoms with E-state index in [0.29, 0.717) is 24.3 Å². The number of rotatable bonds is 6. The molecule has 0 amide bonds. The van der Waals surface area contributed by atoms with Crippen LogP contribution in [-0.2, 0) is 17.8 Å². The normalized spacial score (nSPS) is 10.8. The Morgan fingerprint density at radius 2 is 1.57 bits per heavy atom. The lowest BCUT2D eigenvalue weighted by molar-refractivity contribution is 0.0602. The summed E-state index contributed by atoms with van der Waals surface area (Å²) in [5.41, 5.74) is 3.20. The van der Waals surface area contributed by atoms with Gasteiger partial charge in [0, 0.05) is 19.3 Å². The summed E-state index contributed by atoms with van der Waals surface area (Å²) in [6.45, 7) is 1.39. The Morgan fingerprint density at radius 3 is 2.14 bits per heavy atom. The number of hydrogen-bond acceptors (Lipinski definition) is 5. The van der Waals surface area contributed by atoms with E-state index >= 15 is 0 Å². The van der Waals surface area contributed by atoms with Crippen LogP contribution in [0.25, 0.3) is 5.65 Å². The first kappa shape index (κ1) is 17.7. The number of benzene rings is 2. The van der Waals surface area contributed by atoms with E-state index in [0.717, 1.165) is 5.82 Å². The molecule has 0 unspecified atom stereocenters. The van der Waals surface area contributed by atoms with Gasteiger partial charge in [-0.15, -0.1) is 0 Å². The zero-order valence-corrected chi connectivity index (χ0v) is 15.5. The number of fused-ring (bicyclic) bond motifs is 1. The van der Waals surface area contributed by atoms with Gasteiger partial charge in [-0.2, -0.15) is 9.61 Å². The maximum absolute atomic E-state index is 12.0. The van der Waals surface area contributed by atoms with Gasteiger partial charge in [-0.05, 0) is 17.2 Å². The summed E-state index contributed by atoms with van der Waals surface area (Å²) in [6.07, 6.45) is 3.20. The molecule has 0 N–H and O–H groups in total. The Kier molecular flexibility index (Phi) is 5.01. The lowest BCUT2D eigenvalue weighted by Crippen LogP contribution is -2.24. The molecule has 0 bridgehead atoms. The van der Waals surface area contributed by atoms with E-state index in [1.54, 1.807) is 10.7 Å². The van der Waals surface area contributed by atoms with E-state index in [4.69, 9.17) is 4.74 Å². The number of hydrogen-bond donors (Lipinski definition) is 0. The molecule has 6 heteroatoms. The van der Waals surface area contributed by atoms with Gasteiger partial charge in [-0.25, -0.2) is 9.78 Å². The summed E-state index contributed by atoms with van der Waals surface area (Å²) >= 11 is 0. The molecule has 0 spiro atoms. The number of aromatic nitrogens is 3. The van der Waals surface area contributed by atoms with E-state index in [1.807, 2.05) is 42.5 Å². The Balaban J connectivity index is 1.77. The highest BCUT2D eigenvalue weighted by molar-refractivity contribution is 5.95. The zero-order valence-electron chi connectivity index (χ0n) is 15.5. The minimum absolute atomic E-state index is 0.351. The van der Waals surface area contributed by atoms with Gasteiger partial charge in [0.2, 0.25) is 0 Å². The maximum Gasteiger partial charge on any atom is 0.343 e. The van der Waals surface area contributed by atoms with Crippen LogP contribution in [0.1, 0.15) is 21.5 Å². The second-order valence-electron chi connectivity index (χ2n) is 6.42. The van der Waals surface area contributed by atoms with E-state index in [2.05, 4.69) is 39.2 Å². The molecule has 0 aliphatic carbocycles. The van der Waals surface area contributed by atoms with Crippen molar-refractivity contribution in [2.75, 3.05) is 12.0 Å². The molecule has 4 aromatic rings. The van der Waals surface area contributed by atoms with E-state index in [1.165, 1.54) is 24.4 Å². The average molecular weight is 372 g/mol. The first-order valence-corrected chi connectivity index (χ1v) is 9.00. The molecule has 2 heterocycles. The molecular weight excluding hydrogens is 352 g/mol. The second-order valence-corrected chi connectivity index (χ2v) is 6.42. The third-order valence-electron chi connectivity index (χ3n) is 4.54. The van der Waals surface area contributed by atoms with Gasteiger partial charge in [-0.1, -0.05) is 60.7 Å². The van der Waals surface area contributed by atoms with Gasteiger partial charge in [0.1, 0.15) is 11.4 Å². The number of esters is 1. The second kappa shape index (κ2) is 7.92. The molecular formula is C22H20N4O2. The van der Waals surface area contributed by atoms with Crippen LogP contribution in [0, 0.1) is 0 Å². The van der Waals surface area contributed by atoms with Crippen molar-refractivity contribution in [1.82, 2.24) is 14.6 Å². The fourth-order valence-corrected chi connectivity index (χ4v) is 3.20. The SMILES string of the molecule is COC(=O)c1cnn2c(N(Cc3ccccc3)Cc3ccccc3)ccnc12. The number of anilines is 1. The predicted octanol–water partition coefficient (Wildman–Crippen LogP) is 3.72. The van der Waals surface area contributed by atoms with Crippen molar-refractivity contribution in [3.05, 3.63) is 95.8 Å². The summed E-state index contributed by atoms with van der Waals surface area (Å²) in [7, 11) is 1.35. The highest BCUT2D eigenvalue weighted by Crippen LogP contribution is 2.22. The standard InChI is InChI=1S/C22H20N4O2/c1-28-22(27)19-14-24-26-20(12-13-23-21(19)26)25(15-17-8-4-2-5-9-17)16-18-10-6-3-7-11-18/h2-14H,15-16H2,1H3. The number of nitrogens with zero attached hydrogens (tertiary/aromatic N) is 4. The van der Waals surface area contributed by atoms with E-state index in [-0.39, 0.29) is 0 Å². The molecule has 0 aliphatic rings. The summed E-state index contributed by atoms with van der Waals surface area (Å²) in [6, 6.07) is 22.4. The van der Waals surface area contributed by atoms with Crippen molar-refractivity contribution in [1.29, 1.82) is 0 Å². The monoisotopic (exact) mass is 372 g/mol. The van der Waals surface area contributed by atoms with Crippen molar-refractivity contribution in [3.63, 3.8) is 0 Å². The Labute approximate surface area is 163 Å². The molecule has 0 saturated heterocycles. The molecule has 4 rings (SSSR count). The van der Waals surface area contributed by atoms with Crippen molar-refractivity contribution < 1.29 is 9.53 Å². The topological polar surface area (TPSA) is 59.7 Å². The molecule has 0 fully saturated rings. The minimum atomic E-state index is -0.447. The Hall–Kier alpha value is -3.67. The van der Waals surface area contributed by atoms with Crippen LogP contribution >= 0.6 is 0 Å². The molecule has 2 aromatic heterocycles. The van der Waals surface area contributed by atoms with Gasteiger partial charge in [-0.3, -0.25) is 0 Å². The molecule has 28 heavy (non-hydrogen) atoms. The molecule has 2 aromatic carbocycles. The molecule has 140 valence electrons. The van der Waals surface area contributed by atoms with Crippen molar-refractivity contribution >= 4 is 17.4 Å². The van der Waals surface area contributed by atoms with Gasteiger partial charge < -0.3 is 9.64 Å². The van der Waals surface area contributed by atoms with Crippen LogP contribution in [0.15, 0.2) is 79.1 Å². The minimum Gasteiger partial charge on any atom is -0.465 e. The predicted molar refractivity (Wildman–Crippen MR) is 107 cm³/mol. The summed E-state index contributed by atoms with van der Waals surface area (Å²) in [4.78, 5) is 18.6. The number of methoxy groups -OCH3 is 1. The van der Waals surface area contributed by atoms with Crippen molar-refractivity contribution in [2.45, 2.75) is 13.1 Å². The van der Waals surface area contributed by atoms with E-state index < -0.39 is 5.97 Å². The smallest absolute Gasteiger partial charge is 0.343 e. The first-order valence-electron chi connectivity index (χ1n) is 9.00. The average Bonchev–Trinajstić information content (AvgIpc) is 3.18. The van der Waals surface area contributed by atoms with E-state index in [9.17, 15) is 4.79 Å². The van der Waals surface area contributed by atoms with Crippen LogP contribution in [0.5, 0.6) is 0 Å². The van der Waals surface area contributed by atoms with Gasteiger partial charge in [0.25, 0.3) is 0 Å². The third-order valence-corrected chi connectivity index (χ3v) is 4.54. The lowest BCUT2D eigenvalue weighted by Gasteiger charge is -2.25. The first-order chi connectivity index (χ1) is 13.8. The van der Waals surface area contributed by atoms with Gasteiger partial charge in [0.15, 0.2) is 5.65 Å². The highest BCUT2D eigenvalue weighted by atomic mass is 16.5. The lowest BCUT2D eigenvalue weighted by atomic mass is 10.1. The van der Waals surface area contributed by atoms with Gasteiger partial charge in [0.05, 0.1) is 13.3 Å². The Morgan fingerprint density at radius 1 is 0.964 bits per heavy atom. The molecule has 0 aliphatic heterocycles. The summed E-state index contributed by atoms with van der Waals surface area (Å²) in [5, 5.41) is 4.40. The Bertz CT molecular complexity index is 1040. The van der Waals surface area contributed by atoms with Crippen LogP contribution < -0.4 is 4.90 Å². The van der Waals surface area contributed by atoms with Crippen molar-refractivity contribution in [2.24, 2.45) is 0 Å². The number of carbonyl (C=O) groups is 1. The van der Waals surface area contributed by atoms with Crippen LogP contribution in [-0.4, -0.2) is 27.7 Å². The van der Waals surface area contributed by atoms with Crippen LogP contribution in [0.4, 0.5) is 5.82 Å². The summed E-state index contributed by atoms with van der Waals surface area (Å²) in [5.74, 6) is 0.408. The fraction of sp³-hybridized carbons (Fsp3) is 0.136. The molecule has 6 nitrogen and oxygen atoms in total. The van der Waals surface area contributed by atoms with Crippen LogP contribution in [0.3, 0.4) is 0 Å². The quantitative estimate of drug-likeness (QED) is 0.483. The molecule has 0 saturated carbocycles. The zero-order chi connectivity index (χ0) is 19.3. The summed E-state index contributed by atoms with van der Waals surface area (Å²) < 4.78 is 6.54.